The maximum Gasteiger partial charge on any atom is 0.412 e. The van der Waals surface area contributed by atoms with Crippen LogP contribution in [0.25, 0.3) is 6.08 Å². The number of benzene rings is 2. The minimum atomic E-state index is -0.735. The van der Waals surface area contributed by atoms with Gasteiger partial charge in [-0.25, -0.2) is 9.59 Å². The van der Waals surface area contributed by atoms with Gasteiger partial charge in [-0.2, -0.15) is 0 Å². The van der Waals surface area contributed by atoms with Crippen molar-refractivity contribution in [2.45, 2.75) is 13.5 Å². The van der Waals surface area contributed by atoms with Crippen molar-refractivity contribution >= 4 is 18.1 Å². The molecule has 6 nitrogen and oxygen atoms in total. The molecule has 1 amide bonds. The van der Waals surface area contributed by atoms with Crippen molar-refractivity contribution in [2.24, 2.45) is 0 Å². The highest BCUT2D eigenvalue weighted by Crippen LogP contribution is 2.14. The largest absolute Gasteiger partial charge is 0.497 e. The van der Waals surface area contributed by atoms with Gasteiger partial charge in [-0.1, -0.05) is 42.5 Å². The van der Waals surface area contributed by atoms with Crippen LogP contribution >= 0.6 is 0 Å². The van der Waals surface area contributed by atoms with Crippen molar-refractivity contribution < 1.29 is 23.8 Å². The van der Waals surface area contributed by atoms with Gasteiger partial charge in [0, 0.05) is 0 Å². The van der Waals surface area contributed by atoms with Crippen molar-refractivity contribution in [3.63, 3.8) is 0 Å². The molecule has 0 bridgehead atoms. The molecule has 2 aromatic rings. The summed E-state index contributed by atoms with van der Waals surface area (Å²) in [4.78, 5) is 24.1. The smallest absolute Gasteiger partial charge is 0.412 e. The molecule has 0 aliphatic rings. The second-order valence-corrected chi connectivity index (χ2v) is 5.24. The monoisotopic (exact) mass is 355 g/mol. The SMILES string of the molecule is CCOC(=O)/C(=C/c1ccc(OC)cc1)NC(=O)OCc1ccccc1. The first kappa shape index (κ1) is 19.1. The van der Waals surface area contributed by atoms with E-state index in [-0.39, 0.29) is 18.9 Å². The minimum absolute atomic E-state index is 0.00456. The number of hydrogen-bond donors (Lipinski definition) is 1. The third-order valence-electron chi connectivity index (χ3n) is 3.37. The summed E-state index contributed by atoms with van der Waals surface area (Å²) < 4.78 is 15.2. The Kier molecular flexibility index (Phi) is 7.24. The lowest BCUT2D eigenvalue weighted by molar-refractivity contribution is -0.138. The van der Waals surface area contributed by atoms with E-state index < -0.39 is 12.1 Å². The number of carbonyl (C=O) groups excluding carboxylic acids is 2. The Bertz CT molecular complexity index is 754. The van der Waals surface area contributed by atoms with Crippen LogP contribution in [0.2, 0.25) is 0 Å². The molecule has 1 N–H and O–H groups in total. The van der Waals surface area contributed by atoms with E-state index in [0.717, 1.165) is 5.56 Å². The van der Waals surface area contributed by atoms with E-state index in [9.17, 15) is 9.59 Å². The number of rotatable bonds is 7. The normalized spacial score (nSPS) is 10.8. The summed E-state index contributed by atoms with van der Waals surface area (Å²) in [5, 5.41) is 2.44. The van der Waals surface area contributed by atoms with Gasteiger partial charge in [0.15, 0.2) is 0 Å². The fourth-order valence-corrected chi connectivity index (χ4v) is 2.09. The van der Waals surface area contributed by atoms with E-state index in [1.165, 1.54) is 6.08 Å². The highest BCUT2D eigenvalue weighted by molar-refractivity contribution is 5.96. The van der Waals surface area contributed by atoms with Crippen molar-refractivity contribution in [1.82, 2.24) is 5.32 Å². The van der Waals surface area contributed by atoms with E-state index in [1.54, 1.807) is 38.3 Å². The molecular weight excluding hydrogens is 334 g/mol. The van der Waals surface area contributed by atoms with Crippen LogP contribution in [0.5, 0.6) is 5.75 Å². The Hall–Kier alpha value is -3.28. The van der Waals surface area contributed by atoms with E-state index >= 15 is 0 Å². The lowest BCUT2D eigenvalue weighted by Crippen LogP contribution is -2.29. The van der Waals surface area contributed by atoms with Gasteiger partial charge in [0.05, 0.1) is 13.7 Å². The molecule has 2 rings (SSSR count). The predicted octanol–water partition coefficient (Wildman–Crippen LogP) is 3.53. The Morgan fingerprint density at radius 2 is 1.69 bits per heavy atom. The molecule has 0 unspecified atom stereocenters. The van der Waals surface area contributed by atoms with E-state index in [1.807, 2.05) is 30.3 Å². The number of ether oxygens (including phenoxy) is 3. The van der Waals surface area contributed by atoms with Crippen molar-refractivity contribution in [3.05, 3.63) is 71.4 Å². The molecule has 136 valence electrons. The van der Waals surface area contributed by atoms with Gasteiger partial charge in [-0.15, -0.1) is 0 Å². The van der Waals surface area contributed by atoms with Crippen LogP contribution in [-0.4, -0.2) is 25.8 Å². The summed E-state index contributed by atoms with van der Waals surface area (Å²) in [7, 11) is 1.57. The predicted molar refractivity (Wildman–Crippen MR) is 97.4 cm³/mol. The molecule has 0 aliphatic heterocycles. The van der Waals surface area contributed by atoms with Crippen LogP contribution in [0.1, 0.15) is 18.1 Å². The maximum absolute atomic E-state index is 12.1. The van der Waals surface area contributed by atoms with Gasteiger partial charge in [0.2, 0.25) is 0 Å². The van der Waals surface area contributed by atoms with Crippen LogP contribution < -0.4 is 10.1 Å². The summed E-state index contributed by atoms with van der Waals surface area (Å²) in [5.74, 6) is 0.0510. The van der Waals surface area contributed by atoms with Crippen LogP contribution in [0.4, 0.5) is 4.79 Å². The topological polar surface area (TPSA) is 73.9 Å². The average Bonchev–Trinajstić information content (AvgIpc) is 2.67. The number of amides is 1. The summed E-state index contributed by atoms with van der Waals surface area (Å²) in [5.41, 5.74) is 1.55. The summed E-state index contributed by atoms with van der Waals surface area (Å²) in [6, 6.07) is 16.3. The maximum atomic E-state index is 12.1. The lowest BCUT2D eigenvalue weighted by atomic mass is 10.2. The molecule has 0 heterocycles. The van der Waals surface area contributed by atoms with Crippen molar-refractivity contribution in [2.75, 3.05) is 13.7 Å². The molecule has 0 radical (unpaired) electrons. The fourth-order valence-electron chi connectivity index (χ4n) is 2.09. The summed E-state index contributed by atoms with van der Waals surface area (Å²) in [6.07, 6.45) is 0.781. The van der Waals surface area contributed by atoms with Gasteiger partial charge in [0.1, 0.15) is 18.1 Å². The zero-order valence-corrected chi connectivity index (χ0v) is 14.7. The van der Waals surface area contributed by atoms with Crippen LogP contribution in [-0.2, 0) is 20.9 Å². The van der Waals surface area contributed by atoms with Gasteiger partial charge in [-0.05, 0) is 36.3 Å². The Morgan fingerprint density at radius 3 is 2.31 bits per heavy atom. The molecule has 26 heavy (non-hydrogen) atoms. The van der Waals surface area contributed by atoms with Crippen molar-refractivity contribution in [1.29, 1.82) is 0 Å². The third-order valence-corrected chi connectivity index (χ3v) is 3.37. The number of methoxy groups -OCH3 is 1. The quantitative estimate of drug-likeness (QED) is 0.608. The molecular formula is C20H21NO5. The van der Waals surface area contributed by atoms with Gasteiger partial charge in [0.25, 0.3) is 0 Å². The number of carbonyl (C=O) groups is 2. The highest BCUT2D eigenvalue weighted by atomic mass is 16.6. The molecule has 0 aromatic heterocycles. The third kappa shape index (κ3) is 5.98. The Morgan fingerprint density at radius 1 is 1.00 bits per heavy atom. The first-order valence-corrected chi connectivity index (χ1v) is 8.13. The summed E-state index contributed by atoms with van der Waals surface area (Å²) in [6.45, 7) is 1.99. The fraction of sp³-hybridized carbons (Fsp3) is 0.200. The first-order chi connectivity index (χ1) is 12.6. The van der Waals surface area contributed by atoms with E-state index in [2.05, 4.69) is 5.32 Å². The molecule has 0 fully saturated rings. The minimum Gasteiger partial charge on any atom is -0.497 e. The zero-order chi connectivity index (χ0) is 18.8. The lowest BCUT2D eigenvalue weighted by Gasteiger charge is -2.10. The molecule has 2 aromatic carbocycles. The zero-order valence-electron chi connectivity index (χ0n) is 14.7. The van der Waals surface area contributed by atoms with Crippen molar-refractivity contribution in [3.8, 4) is 5.75 Å². The molecule has 0 saturated carbocycles. The number of nitrogens with one attached hydrogen (secondary N) is 1. The van der Waals surface area contributed by atoms with Gasteiger partial charge in [-0.3, -0.25) is 5.32 Å². The standard InChI is InChI=1S/C20H21NO5/c1-3-25-19(22)18(13-15-9-11-17(24-2)12-10-15)21-20(23)26-14-16-7-5-4-6-8-16/h4-13H,3,14H2,1-2H3,(H,21,23)/b18-13-. The first-order valence-electron chi connectivity index (χ1n) is 8.13. The molecule has 6 heteroatoms. The summed E-state index contributed by atoms with van der Waals surface area (Å²) >= 11 is 0. The molecule has 0 atom stereocenters. The van der Waals surface area contributed by atoms with Crippen LogP contribution in [0, 0.1) is 0 Å². The van der Waals surface area contributed by atoms with Crippen LogP contribution in [0.3, 0.4) is 0 Å². The number of alkyl carbamates (subject to hydrolysis) is 1. The van der Waals surface area contributed by atoms with Gasteiger partial charge >= 0.3 is 12.1 Å². The highest BCUT2D eigenvalue weighted by Gasteiger charge is 2.15. The van der Waals surface area contributed by atoms with Gasteiger partial charge < -0.3 is 14.2 Å². The number of esters is 1. The second-order valence-electron chi connectivity index (χ2n) is 5.24. The van der Waals surface area contributed by atoms with E-state index in [0.29, 0.717) is 11.3 Å². The molecule has 0 aliphatic carbocycles. The number of hydrogen-bond acceptors (Lipinski definition) is 5. The molecule has 0 saturated heterocycles. The molecule has 0 spiro atoms. The van der Waals surface area contributed by atoms with E-state index in [4.69, 9.17) is 14.2 Å². The second kappa shape index (κ2) is 9.88. The Balaban J connectivity index is 2.07. The van der Waals surface area contributed by atoms with Crippen LogP contribution in [0.15, 0.2) is 60.3 Å². The Labute approximate surface area is 152 Å². The average molecular weight is 355 g/mol.